The summed E-state index contributed by atoms with van der Waals surface area (Å²) in [5.41, 5.74) is 0.962. The van der Waals surface area contributed by atoms with Gasteiger partial charge >= 0.3 is 5.97 Å². The largest absolute Gasteiger partial charge is 0.466 e. The summed E-state index contributed by atoms with van der Waals surface area (Å²) in [4.78, 5) is 22.4. The van der Waals surface area contributed by atoms with Gasteiger partial charge in [0.1, 0.15) is 0 Å². The van der Waals surface area contributed by atoms with Crippen LogP contribution in [-0.2, 0) is 16.0 Å². The lowest BCUT2D eigenvalue weighted by Gasteiger charge is -2.01. The molecule has 4 heteroatoms. The van der Waals surface area contributed by atoms with Crippen molar-refractivity contribution < 1.29 is 14.3 Å². The Labute approximate surface area is 86.7 Å². The van der Waals surface area contributed by atoms with Crippen LogP contribution in [-0.4, -0.2) is 18.4 Å². The lowest BCUT2D eigenvalue weighted by molar-refractivity contribution is -0.140. The lowest BCUT2D eigenvalue weighted by atomic mass is 10.1. The van der Waals surface area contributed by atoms with Crippen LogP contribution in [0.3, 0.4) is 0 Å². The van der Waals surface area contributed by atoms with Gasteiger partial charge in [-0.3, -0.25) is 9.59 Å². The second kappa shape index (κ2) is 4.91. The topological polar surface area (TPSA) is 43.4 Å². The van der Waals surface area contributed by atoms with Crippen LogP contribution in [0.15, 0.2) is 11.4 Å². The zero-order chi connectivity index (χ0) is 10.6. The van der Waals surface area contributed by atoms with Crippen molar-refractivity contribution in [2.24, 2.45) is 0 Å². The van der Waals surface area contributed by atoms with Crippen LogP contribution in [0.5, 0.6) is 0 Å². The molecule has 0 aliphatic rings. The zero-order valence-corrected chi connectivity index (χ0v) is 9.02. The molecule has 0 unspecified atom stereocenters. The van der Waals surface area contributed by atoms with Gasteiger partial charge in [-0.15, -0.1) is 11.3 Å². The first-order valence-electron chi connectivity index (χ1n) is 4.32. The van der Waals surface area contributed by atoms with E-state index in [0.717, 1.165) is 10.4 Å². The molecule has 1 rings (SSSR count). The third kappa shape index (κ3) is 2.96. The third-order valence-corrected chi connectivity index (χ3v) is 2.80. The van der Waals surface area contributed by atoms with E-state index in [2.05, 4.69) is 0 Å². The van der Waals surface area contributed by atoms with Crippen LogP contribution in [0, 0.1) is 0 Å². The molecule has 3 nitrogen and oxygen atoms in total. The highest BCUT2D eigenvalue weighted by atomic mass is 32.1. The van der Waals surface area contributed by atoms with Gasteiger partial charge in [0.05, 0.1) is 11.5 Å². The lowest BCUT2D eigenvalue weighted by Crippen LogP contribution is -2.04. The molecule has 1 heterocycles. The summed E-state index contributed by atoms with van der Waals surface area (Å²) < 4.78 is 4.80. The second-order valence-electron chi connectivity index (χ2n) is 2.92. The predicted octanol–water partition coefficient (Wildman–Crippen LogP) is 2.06. The van der Waals surface area contributed by atoms with Gasteiger partial charge in [-0.2, -0.15) is 0 Å². The molecule has 0 aromatic carbocycles. The molecule has 0 saturated heterocycles. The van der Waals surface area contributed by atoms with E-state index < -0.39 is 0 Å². The number of Topliss-reactive ketones (excluding diaryl/α,β-unsaturated/α-hetero) is 1. The van der Waals surface area contributed by atoms with Crippen molar-refractivity contribution in [1.29, 1.82) is 0 Å². The van der Waals surface area contributed by atoms with Crippen LogP contribution in [0.1, 0.15) is 29.1 Å². The number of esters is 1. The Kier molecular flexibility index (Phi) is 3.83. The quantitative estimate of drug-likeness (QED) is 0.566. The Balaban J connectivity index is 2.54. The molecule has 0 saturated carbocycles. The molecule has 0 bridgehead atoms. The van der Waals surface area contributed by atoms with Crippen molar-refractivity contribution in [3.05, 3.63) is 21.9 Å². The maximum atomic E-state index is 11.1. The number of hydrogen-bond donors (Lipinski definition) is 0. The summed E-state index contributed by atoms with van der Waals surface area (Å²) in [6.45, 7) is 3.26. The average molecular weight is 212 g/mol. The minimum Gasteiger partial charge on any atom is -0.466 e. The molecule has 0 fully saturated rings. The van der Waals surface area contributed by atoms with Crippen molar-refractivity contribution in [3.63, 3.8) is 0 Å². The second-order valence-corrected chi connectivity index (χ2v) is 3.84. The number of ether oxygens (including phenoxy) is 1. The molecular formula is C10H12O3S. The van der Waals surface area contributed by atoms with E-state index in [1.165, 1.54) is 18.3 Å². The van der Waals surface area contributed by atoms with E-state index in [9.17, 15) is 9.59 Å². The molecule has 0 N–H and O–H groups in total. The summed E-state index contributed by atoms with van der Waals surface area (Å²) in [6.07, 6.45) is 0.609. The standard InChI is InChI=1S/C10H12O3S/c1-7(11)10-9(4-6-14-10)3-5-13-8(2)12/h4,6H,3,5H2,1-2H3. The Morgan fingerprint density at radius 3 is 2.71 bits per heavy atom. The maximum absolute atomic E-state index is 11.1. The summed E-state index contributed by atoms with van der Waals surface area (Å²) in [6, 6.07) is 1.89. The van der Waals surface area contributed by atoms with Gasteiger partial charge in [-0.1, -0.05) is 0 Å². The van der Waals surface area contributed by atoms with Gasteiger partial charge in [0.15, 0.2) is 5.78 Å². The zero-order valence-electron chi connectivity index (χ0n) is 8.20. The van der Waals surface area contributed by atoms with Crippen molar-refractivity contribution >= 4 is 23.1 Å². The van der Waals surface area contributed by atoms with Crippen LogP contribution >= 0.6 is 11.3 Å². The van der Waals surface area contributed by atoms with Gasteiger partial charge < -0.3 is 4.74 Å². The maximum Gasteiger partial charge on any atom is 0.302 e. The molecule has 1 aromatic heterocycles. The van der Waals surface area contributed by atoms with E-state index in [4.69, 9.17) is 4.74 Å². The third-order valence-electron chi connectivity index (χ3n) is 1.74. The number of carbonyl (C=O) groups excluding carboxylic acids is 2. The summed E-state index contributed by atoms with van der Waals surface area (Å²) in [7, 11) is 0. The Morgan fingerprint density at radius 2 is 2.14 bits per heavy atom. The van der Waals surface area contributed by atoms with E-state index >= 15 is 0 Å². The SMILES string of the molecule is CC(=O)OCCc1ccsc1C(C)=O. The van der Waals surface area contributed by atoms with E-state index in [-0.39, 0.29) is 11.8 Å². The van der Waals surface area contributed by atoms with Crippen LogP contribution in [0.4, 0.5) is 0 Å². The fourth-order valence-corrected chi connectivity index (χ4v) is 2.00. The minimum atomic E-state index is -0.287. The summed E-state index contributed by atoms with van der Waals surface area (Å²) in [5, 5.41) is 1.87. The van der Waals surface area contributed by atoms with Gasteiger partial charge in [0, 0.05) is 13.3 Å². The highest BCUT2D eigenvalue weighted by Crippen LogP contribution is 2.17. The average Bonchev–Trinajstić information content (AvgIpc) is 2.51. The van der Waals surface area contributed by atoms with Gasteiger partial charge in [0.2, 0.25) is 0 Å². The van der Waals surface area contributed by atoms with E-state index in [1.807, 2.05) is 11.4 Å². The van der Waals surface area contributed by atoms with E-state index in [0.29, 0.717) is 13.0 Å². The first kappa shape index (κ1) is 10.9. The molecule has 0 atom stereocenters. The molecule has 0 spiro atoms. The number of rotatable bonds is 4. The van der Waals surface area contributed by atoms with Crippen LogP contribution < -0.4 is 0 Å². The molecule has 0 radical (unpaired) electrons. The monoisotopic (exact) mass is 212 g/mol. The molecule has 0 aliphatic carbocycles. The molecule has 14 heavy (non-hydrogen) atoms. The molecule has 0 aliphatic heterocycles. The Morgan fingerprint density at radius 1 is 1.43 bits per heavy atom. The Bertz CT molecular complexity index is 341. The summed E-state index contributed by atoms with van der Waals surface area (Å²) >= 11 is 1.43. The van der Waals surface area contributed by atoms with Crippen LogP contribution in [0.25, 0.3) is 0 Å². The van der Waals surface area contributed by atoms with Crippen molar-refractivity contribution in [3.8, 4) is 0 Å². The van der Waals surface area contributed by atoms with E-state index in [1.54, 1.807) is 6.92 Å². The smallest absolute Gasteiger partial charge is 0.302 e. The van der Waals surface area contributed by atoms with Crippen molar-refractivity contribution in [2.75, 3.05) is 6.61 Å². The van der Waals surface area contributed by atoms with Crippen molar-refractivity contribution in [2.45, 2.75) is 20.3 Å². The first-order chi connectivity index (χ1) is 6.61. The van der Waals surface area contributed by atoms with Gasteiger partial charge in [0.25, 0.3) is 0 Å². The fourth-order valence-electron chi connectivity index (χ4n) is 1.15. The van der Waals surface area contributed by atoms with Crippen LogP contribution in [0.2, 0.25) is 0 Å². The number of carbonyl (C=O) groups is 2. The van der Waals surface area contributed by atoms with Gasteiger partial charge in [-0.05, 0) is 23.9 Å². The number of hydrogen-bond acceptors (Lipinski definition) is 4. The molecule has 76 valence electrons. The Hall–Kier alpha value is -1.16. The van der Waals surface area contributed by atoms with Crippen molar-refractivity contribution in [1.82, 2.24) is 0 Å². The molecule has 1 aromatic rings. The normalized spacial score (nSPS) is 9.86. The molecular weight excluding hydrogens is 200 g/mol. The minimum absolute atomic E-state index is 0.0674. The number of ketones is 1. The van der Waals surface area contributed by atoms with Gasteiger partial charge in [-0.25, -0.2) is 0 Å². The number of thiophene rings is 1. The first-order valence-corrected chi connectivity index (χ1v) is 5.20. The molecule has 0 amide bonds. The fraction of sp³-hybridized carbons (Fsp3) is 0.400. The highest BCUT2D eigenvalue weighted by Gasteiger charge is 2.08. The highest BCUT2D eigenvalue weighted by molar-refractivity contribution is 7.12. The summed E-state index contributed by atoms with van der Waals surface area (Å²) in [5.74, 6) is -0.220. The predicted molar refractivity (Wildman–Crippen MR) is 54.7 cm³/mol.